The summed E-state index contributed by atoms with van der Waals surface area (Å²) in [5.41, 5.74) is 2.65. The zero-order valence-electron chi connectivity index (χ0n) is 19.7. The average Bonchev–Trinajstić information content (AvgIpc) is 2.86. The van der Waals surface area contributed by atoms with Crippen molar-refractivity contribution in [3.05, 3.63) is 90.0 Å². The number of unbranched alkanes of at least 4 members (excludes halogenated alkanes) is 2. The summed E-state index contributed by atoms with van der Waals surface area (Å²) in [5.74, 6) is -0.172. The average molecular weight is 449 g/mol. The highest BCUT2D eigenvalue weighted by Crippen LogP contribution is 2.69. The van der Waals surface area contributed by atoms with Crippen LogP contribution in [0.5, 0.6) is 0 Å². The first kappa shape index (κ1) is 24.1. The van der Waals surface area contributed by atoms with Gasteiger partial charge in [0, 0.05) is 21.1 Å². The minimum absolute atomic E-state index is 0.172. The van der Waals surface area contributed by atoms with Gasteiger partial charge in [-0.25, -0.2) is 0 Å². The van der Waals surface area contributed by atoms with E-state index >= 15 is 0 Å². The summed E-state index contributed by atoms with van der Waals surface area (Å²) in [5, 5.41) is 0. The van der Waals surface area contributed by atoms with E-state index in [4.69, 9.17) is 4.18 Å². The molecular weight excluding hydrogens is 412 g/mol. The molecule has 0 saturated carbocycles. The Balaban J connectivity index is 2.14. The van der Waals surface area contributed by atoms with E-state index in [1.54, 1.807) is 0 Å². The highest BCUT2D eigenvalue weighted by Gasteiger charge is 2.35. The van der Waals surface area contributed by atoms with Gasteiger partial charge in [-0.15, -0.1) is 0 Å². The molecule has 0 spiro atoms. The number of hydrogen-bond donors (Lipinski definition) is 0. The fraction of sp³-hybridized carbons (Fsp3) is 0.345. The number of carbonyl (C=O) groups excluding carboxylic acids is 1. The van der Waals surface area contributed by atoms with Crippen LogP contribution < -0.4 is 0 Å². The third-order valence-corrected chi connectivity index (χ3v) is 8.97. The Labute approximate surface area is 195 Å². The summed E-state index contributed by atoms with van der Waals surface area (Å²) < 4.78 is 6.43. The third kappa shape index (κ3) is 5.63. The molecule has 0 aliphatic carbocycles. The Morgan fingerprint density at radius 3 is 1.50 bits per heavy atom. The van der Waals surface area contributed by atoms with Crippen LogP contribution in [0.1, 0.15) is 64.0 Å². The van der Waals surface area contributed by atoms with E-state index in [2.05, 4.69) is 74.5 Å². The Bertz CT molecular complexity index is 911. The van der Waals surface area contributed by atoms with Gasteiger partial charge >= 0.3 is 5.97 Å². The van der Waals surface area contributed by atoms with E-state index in [9.17, 15) is 4.79 Å². The van der Waals surface area contributed by atoms with Crippen molar-refractivity contribution in [1.82, 2.24) is 0 Å². The minimum Gasteiger partial charge on any atom is -0.402 e. The van der Waals surface area contributed by atoms with Crippen molar-refractivity contribution in [2.75, 3.05) is 0 Å². The number of rotatable bonds is 11. The van der Waals surface area contributed by atoms with Crippen LogP contribution in [0.25, 0.3) is 0 Å². The second-order valence-electron chi connectivity index (χ2n) is 8.17. The molecule has 0 amide bonds. The summed E-state index contributed by atoms with van der Waals surface area (Å²) in [4.78, 5) is 15.9. The predicted molar refractivity (Wildman–Crippen MR) is 135 cm³/mol. The SMILES string of the molecule is CCCCc1ccc(S(OC(=O)CC)(c2ccccc2)c2ccc(CCCC)cc2)cc1. The molecule has 2 nitrogen and oxygen atoms in total. The normalized spacial score (nSPS) is 11.8. The lowest BCUT2D eigenvalue weighted by Crippen LogP contribution is -2.13. The van der Waals surface area contributed by atoms with Crippen LogP contribution in [-0.2, 0) is 21.8 Å². The monoisotopic (exact) mass is 448 g/mol. The smallest absolute Gasteiger partial charge is 0.316 e. The molecule has 0 saturated heterocycles. The van der Waals surface area contributed by atoms with Gasteiger partial charge in [-0.2, -0.15) is 0 Å². The minimum atomic E-state index is -2.17. The van der Waals surface area contributed by atoms with E-state index in [0.717, 1.165) is 27.5 Å². The fourth-order valence-electron chi connectivity index (χ4n) is 3.82. The first-order valence-corrected chi connectivity index (χ1v) is 13.5. The first-order valence-electron chi connectivity index (χ1n) is 11.9. The van der Waals surface area contributed by atoms with E-state index in [1.807, 2.05) is 25.1 Å². The lowest BCUT2D eigenvalue weighted by Gasteiger charge is -2.40. The van der Waals surface area contributed by atoms with Gasteiger partial charge in [0.25, 0.3) is 0 Å². The largest absolute Gasteiger partial charge is 0.402 e. The van der Waals surface area contributed by atoms with Crippen LogP contribution in [0.4, 0.5) is 0 Å². The first-order chi connectivity index (χ1) is 15.6. The molecule has 3 aromatic carbocycles. The van der Waals surface area contributed by atoms with Gasteiger partial charge in [0.2, 0.25) is 0 Å². The van der Waals surface area contributed by atoms with Crippen LogP contribution in [0.3, 0.4) is 0 Å². The maximum Gasteiger partial charge on any atom is 0.316 e. The van der Waals surface area contributed by atoms with E-state index in [0.29, 0.717) is 6.42 Å². The van der Waals surface area contributed by atoms with E-state index < -0.39 is 10.3 Å². The number of carbonyl (C=O) groups is 1. The Morgan fingerprint density at radius 2 is 1.09 bits per heavy atom. The van der Waals surface area contributed by atoms with Crippen LogP contribution in [-0.4, -0.2) is 5.97 Å². The van der Waals surface area contributed by atoms with Gasteiger partial charge in [0.1, 0.15) is 0 Å². The van der Waals surface area contributed by atoms with E-state index in [-0.39, 0.29) is 5.97 Å². The summed E-state index contributed by atoms with van der Waals surface area (Å²) in [7, 11) is -2.17. The molecule has 3 rings (SSSR count). The van der Waals surface area contributed by atoms with Crippen molar-refractivity contribution in [3.8, 4) is 0 Å². The van der Waals surface area contributed by atoms with Crippen LogP contribution >= 0.6 is 10.3 Å². The summed E-state index contributed by atoms with van der Waals surface area (Å²) in [6.07, 6.45) is 7.22. The molecule has 170 valence electrons. The van der Waals surface area contributed by atoms with Crippen molar-refractivity contribution in [2.24, 2.45) is 0 Å². The van der Waals surface area contributed by atoms with Crippen molar-refractivity contribution in [1.29, 1.82) is 0 Å². The molecule has 0 radical (unpaired) electrons. The Morgan fingerprint density at radius 1 is 0.656 bits per heavy atom. The van der Waals surface area contributed by atoms with Gasteiger partial charge < -0.3 is 4.18 Å². The quantitative estimate of drug-likeness (QED) is 0.294. The van der Waals surface area contributed by atoms with Crippen molar-refractivity contribution in [2.45, 2.75) is 80.4 Å². The highest BCUT2D eigenvalue weighted by atomic mass is 32.3. The maximum atomic E-state index is 12.8. The molecule has 3 heteroatoms. The molecule has 0 fully saturated rings. The van der Waals surface area contributed by atoms with Crippen molar-refractivity contribution in [3.63, 3.8) is 0 Å². The van der Waals surface area contributed by atoms with Crippen molar-refractivity contribution >= 4 is 16.3 Å². The fourth-order valence-corrected chi connectivity index (χ4v) is 6.90. The Kier molecular flexibility index (Phi) is 8.99. The zero-order chi connectivity index (χ0) is 22.8. The van der Waals surface area contributed by atoms with Crippen molar-refractivity contribution < 1.29 is 8.98 Å². The molecule has 0 aliphatic heterocycles. The van der Waals surface area contributed by atoms with Gasteiger partial charge in [0.05, 0.1) is 0 Å². The van der Waals surface area contributed by atoms with Crippen LogP contribution in [0, 0.1) is 0 Å². The van der Waals surface area contributed by atoms with Crippen LogP contribution in [0.15, 0.2) is 93.5 Å². The van der Waals surface area contributed by atoms with E-state index in [1.165, 1.54) is 36.8 Å². The summed E-state index contributed by atoms with van der Waals surface area (Å²) in [6.45, 7) is 6.29. The molecule has 0 bridgehead atoms. The zero-order valence-corrected chi connectivity index (χ0v) is 20.5. The van der Waals surface area contributed by atoms with Gasteiger partial charge in [-0.05, 0) is 83.5 Å². The maximum absolute atomic E-state index is 12.8. The van der Waals surface area contributed by atoms with Gasteiger partial charge in [-0.3, -0.25) is 4.79 Å². The molecule has 0 N–H and O–H groups in total. The van der Waals surface area contributed by atoms with Gasteiger partial charge in [-0.1, -0.05) is 76.1 Å². The molecule has 3 aromatic rings. The summed E-state index contributed by atoms with van der Waals surface area (Å²) >= 11 is 0. The third-order valence-electron chi connectivity index (χ3n) is 5.73. The van der Waals surface area contributed by atoms with Gasteiger partial charge in [0.15, 0.2) is 0 Å². The molecule has 0 heterocycles. The predicted octanol–water partition coefficient (Wildman–Crippen LogP) is 8.52. The second-order valence-corrected chi connectivity index (χ2v) is 10.9. The Hall–Kier alpha value is -2.52. The second kappa shape index (κ2) is 11.9. The van der Waals surface area contributed by atoms with Crippen LogP contribution in [0.2, 0.25) is 0 Å². The number of hydrogen-bond acceptors (Lipinski definition) is 2. The number of benzene rings is 3. The lowest BCUT2D eigenvalue weighted by molar-refractivity contribution is -0.133. The summed E-state index contributed by atoms with van der Waals surface area (Å²) in [6, 6.07) is 27.7. The number of aryl methyl sites for hydroxylation is 2. The molecule has 0 aromatic heterocycles. The topological polar surface area (TPSA) is 26.3 Å². The standard InChI is InChI=1S/C29H36O2S/c1-4-7-12-24-16-20-27(21-17-24)32(31-29(30)6-3,26-14-10-9-11-15-26)28-22-18-25(19-23-28)13-8-5-2/h9-11,14-23H,4-8,12-13H2,1-3H3. The molecule has 0 aliphatic rings. The molecule has 0 unspecified atom stereocenters. The highest BCUT2D eigenvalue weighted by molar-refractivity contribution is 8.30. The molecular formula is C29H36O2S. The molecule has 0 atom stereocenters. The lowest BCUT2D eigenvalue weighted by atomic mass is 10.1. The molecule has 32 heavy (non-hydrogen) atoms.